The molecule has 0 aliphatic heterocycles. The van der Waals surface area contributed by atoms with Gasteiger partial charge in [-0.25, -0.2) is 4.39 Å². The van der Waals surface area contributed by atoms with Crippen LogP contribution in [0, 0.1) is 5.82 Å². The second kappa shape index (κ2) is 6.53. The summed E-state index contributed by atoms with van der Waals surface area (Å²) in [5, 5.41) is 3.47. The Hall–Kier alpha value is -0.610. The zero-order valence-electron chi connectivity index (χ0n) is 10.6. The molecule has 0 aromatic heterocycles. The zero-order valence-corrected chi connectivity index (χ0v) is 12.2. The highest BCUT2D eigenvalue weighted by molar-refractivity contribution is 9.10. The SMILES string of the molecule is CC(CCCNC1CC1)Oc1ccc(Br)c(F)c1. The Morgan fingerprint density at radius 1 is 1.50 bits per heavy atom. The van der Waals surface area contributed by atoms with E-state index in [9.17, 15) is 4.39 Å². The summed E-state index contributed by atoms with van der Waals surface area (Å²) in [6.07, 6.45) is 4.84. The van der Waals surface area contributed by atoms with Gasteiger partial charge >= 0.3 is 0 Å². The van der Waals surface area contributed by atoms with E-state index in [1.54, 1.807) is 12.1 Å². The minimum atomic E-state index is -0.282. The van der Waals surface area contributed by atoms with Gasteiger partial charge in [-0.15, -0.1) is 0 Å². The smallest absolute Gasteiger partial charge is 0.141 e. The molecule has 100 valence electrons. The molecule has 0 bridgehead atoms. The first-order valence-electron chi connectivity index (χ1n) is 6.50. The Bertz CT molecular complexity index is 395. The van der Waals surface area contributed by atoms with Crippen molar-refractivity contribution in [3.8, 4) is 5.75 Å². The third-order valence-corrected chi connectivity index (χ3v) is 3.67. The monoisotopic (exact) mass is 315 g/mol. The highest BCUT2D eigenvalue weighted by Gasteiger charge is 2.19. The van der Waals surface area contributed by atoms with Crippen LogP contribution in [0.4, 0.5) is 4.39 Å². The zero-order chi connectivity index (χ0) is 13.0. The molecule has 1 atom stereocenters. The molecule has 0 saturated heterocycles. The highest BCUT2D eigenvalue weighted by Crippen LogP contribution is 2.22. The van der Waals surface area contributed by atoms with Gasteiger partial charge in [0.2, 0.25) is 0 Å². The van der Waals surface area contributed by atoms with Gasteiger partial charge in [0.1, 0.15) is 11.6 Å². The third kappa shape index (κ3) is 4.58. The number of hydrogen-bond acceptors (Lipinski definition) is 2. The van der Waals surface area contributed by atoms with Crippen LogP contribution in [-0.4, -0.2) is 18.7 Å². The first-order valence-corrected chi connectivity index (χ1v) is 7.29. The number of nitrogens with one attached hydrogen (secondary N) is 1. The normalized spacial score (nSPS) is 16.6. The van der Waals surface area contributed by atoms with Crippen LogP contribution in [0.25, 0.3) is 0 Å². The lowest BCUT2D eigenvalue weighted by molar-refractivity contribution is 0.206. The van der Waals surface area contributed by atoms with Crippen LogP contribution in [0.3, 0.4) is 0 Å². The van der Waals surface area contributed by atoms with E-state index in [1.807, 2.05) is 6.92 Å². The van der Waals surface area contributed by atoms with Gasteiger partial charge in [0.05, 0.1) is 10.6 Å². The number of hydrogen-bond donors (Lipinski definition) is 1. The minimum absolute atomic E-state index is 0.117. The molecule has 1 N–H and O–H groups in total. The summed E-state index contributed by atoms with van der Waals surface area (Å²) in [5.41, 5.74) is 0. The topological polar surface area (TPSA) is 21.3 Å². The summed E-state index contributed by atoms with van der Waals surface area (Å²) in [5.74, 6) is 0.313. The largest absolute Gasteiger partial charge is 0.491 e. The Morgan fingerprint density at radius 2 is 2.28 bits per heavy atom. The lowest BCUT2D eigenvalue weighted by atomic mass is 10.2. The fraction of sp³-hybridized carbons (Fsp3) is 0.571. The van der Waals surface area contributed by atoms with Crippen LogP contribution in [0.1, 0.15) is 32.6 Å². The predicted molar refractivity (Wildman–Crippen MR) is 74.4 cm³/mol. The molecular formula is C14H19BrFNO. The van der Waals surface area contributed by atoms with Gasteiger partial charge in [-0.05, 0) is 67.2 Å². The van der Waals surface area contributed by atoms with Crippen molar-refractivity contribution in [1.29, 1.82) is 0 Å². The van der Waals surface area contributed by atoms with Gasteiger partial charge in [-0.1, -0.05) is 0 Å². The summed E-state index contributed by atoms with van der Waals surface area (Å²) >= 11 is 3.13. The van der Waals surface area contributed by atoms with Crippen LogP contribution in [0.15, 0.2) is 22.7 Å². The van der Waals surface area contributed by atoms with Crippen LogP contribution in [-0.2, 0) is 0 Å². The van der Waals surface area contributed by atoms with E-state index in [0.717, 1.165) is 25.4 Å². The molecule has 1 unspecified atom stereocenters. The van der Waals surface area contributed by atoms with Crippen LogP contribution >= 0.6 is 15.9 Å². The molecule has 1 aromatic carbocycles. The van der Waals surface area contributed by atoms with Crippen LogP contribution in [0.2, 0.25) is 0 Å². The van der Waals surface area contributed by atoms with Crippen molar-refractivity contribution in [2.24, 2.45) is 0 Å². The summed E-state index contributed by atoms with van der Waals surface area (Å²) < 4.78 is 19.4. The first-order chi connectivity index (χ1) is 8.65. The van der Waals surface area contributed by atoms with E-state index >= 15 is 0 Å². The maximum Gasteiger partial charge on any atom is 0.141 e. The van der Waals surface area contributed by atoms with Crippen LogP contribution in [0.5, 0.6) is 5.75 Å². The Labute approximate surface area is 116 Å². The standard InChI is InChI=1S/C14H19BrFNO/c1-10(3-2-8-17-11-4-5-11)18-12-6-7-13(15)14(16)9-12/h6-7,9-11,17H,2-5,8H2,1H3. The summed E-state index contributed by atoms with van der Waals surface area (Å²) in [6.45, 7) is 3.07. The van der Waals surface area contributed by atoms with E-state index in [4.69, 9.17) is 4.74 Å². The fourth-order valence-electron chi connectivity index (χ4n) is 1.82. The number of benzene rings is 1. The van der Waals surface area contributed by atoms with E-state index < -0.39 is 0 Å². The lowest BCUT2D eigenvalue weighted by Gasteiger charge is -2.15. The Kier molecular flexibility index (Phi) is 5.01. The molecule has 0 heterocycles. The van der Waals surface area contributed by atoms with Crippen molar-refractivity contribution < 1.29 is 9.13 Å². The lowest BCUT2D eigenvalue weighted by Crippen LogP contribution is -2.20. The molecule has 1 aromatic rings. The van der Waals surface area contributed by atoms with Crippen molar-refractivity contribution in [2.45, 2.75) is 44.8 Å². The average molecular weight is 316 g/mol. The number of rotatable bonds is 7. The highest BCUT2D eigenvalue weighted by atomic mass is 79.9. The van der Waals surface area contributed by atoms with Gasteiger partial charge in [-0.3, -0.25) is 0 Å². The van der Waals surface area contributed by atoms with Gasteiger partial charge in [0.25, 0.3) is 0 Å². The summed E-state index contributed by atoms with van der Waals surface area (Å²) in [7, 11) is 0. The quantitative estimate of drug-likeness (QED) is 0.771. The summed E-state index contributed by atoms with van der Waals surface area (Å²) in [6, 6.07) is 5.64. The van der Waals surface area contributed by atoms with E-state index in [0.29, 0.717) is 10.2 Å². The maximum atomic E-state index is 13.3. The molecule has 18 heavy (non-hydrogen) atoms. The van der Waals surface area contributed by atoms with Crippen LogP contribution < -0.4 is 10.1 Å². The third-order valence-electron chi connectivity index (χ3n) is 3.03. The molecule has 1 aliphatic rings. The Morgan fingerprint density at radius 3 is 2.94 bits per heavy atom. The van der Waals surface area contributed by atoms with E-state index in [1.165, 1.54) is 18.9 Å². The van der Waals surface area contributed by atoms with Crippen molar-refractivity contribution >= 4 is 15.9 Å². The number of ether oxygens (including phenoxy) is 1. The Balaban J connectivity index is 1.68. The molecule has 0 amide bonds. The molecule has 0 radical (unpaired) electrons. The van der Waals surface area contributed by atoms with Gasteiger partial charge in [0.15, 0.2) is 0 Å². The van der Waals surface area contributed by atoms with E-state index in [-0.39, 0.29) is 11.9 Å². The van der Waals surface area contributed by atoms with Gasteiger partial charge in [-0.2, -0.15) is 0 Å². The fourth-order valence-corrected chi connectivity index (χ4v) is 2.07. The van der Waals surface area contributed by atoms with Gasteiger partial charge in [0, 0.05) is 12.1 Å². The second-order valence-electron chi connectivity index (χ2n) is 4.88. The van der Waals surface area contributed by atoms with Crippen molar-refractivity contribution in [3.63, 3.8) is 0 Å². The van der Waals surface area contributed by atoms with Crippen molar-refractivity contribution in [2.75, 3.05) is 6.54 Å². The molecule has 1 fully saturated rings. The second-order valence-corrected chi connectivity index (χ2v) is 5.73. The molecule has 4 heteroatoms. The molecule has 2 nitrogen and oxygen atoms in total. The first kappa shape index (κ1) is 13.8. The van der Waals surface area contributed by atoms with E-state index in [2.05, 4.69) is 21.2 Å². The molecule has 0 spiro atoms. The minimum Gasteiger partial charge on any atom is -0.491 e. The molecular weight excluding hydrogens is 297 g/mol. The van der Waals surface area contributed by atoms with Crippen molar-refractivity contribution in [3.05, 3.63) is 28.5 Å². The molecule has 2 rings (SSSR count). The average Bonchev–Trinajstić information content (AvgIpc) is 3.14. The molecule has 1 saturated carbocycles. The van der Waals surface area contributed by atoms with Crippen molar-refractivity contribution in [1.82, 2.24) is 5.32 Å². The predicted octanol–water partition coefficient (Wildman–Crippen LogP) is 3.89. The molecule has 1 aliphatic carbocycles. The summed E-state index contributed by atoms with van der Waals surface area (Å²) in [4.78, 5) is 0. The van der Waals surface area contributed by atoms with Gasteiger partial charge < -0.3 is 10.1 Å². The maximum absolute atomic E-state index is 13.3. The number of halogens is 2.